The van der Waals surface area contributed by atoms with E-state index < -0.39 is 66.0 Å². The molecule has 4 amide bonds. The molecule has 4 N–H and O–H groups in total. The van der Waals surface area contributed by atoms with Crippen LogP contribution in [-0.2, 0) is 59.6 Å². The van der Waals surface area contributed by atoms with Gasteiger partial charge in [0.15, 0.2) is 0 Å². The molecule has 6 aliphatic carbocycles. The molecule has 4 aliphatic heterocycles. The van der Waals surface area contributed by atoms with E-state index >= 15 is 0 Å². The maximum atomic E-state index is 14.6. The van der Waals surface area contributed by atoms with E-state index in [0.717, 1.165) is 191 Å². The second-order valence-corrected chi connectivity index (χ2v) is 37.1. The number of hydrogen-bond donors (Lipinski definition) is 2. The molecule has 0 saturated heterocycles. The molecule has 0 radical (unpaired) electrons. The first-order valence-electron chi connectivity index (χ1n) is 40.6. The van der Waals surface area contributed by atoms with Crippen LogP contribution < -0.4 is 11.5 Å². The van der Waals surface area contributed by atoms with Gasteiger partial charge in [0.2, 0.25) is 17.7 Å². The molecule has 2 fully saturated rings. The van der Waals surface area contributed by atoms with Gasteiger partial charge in [0.25, 0.3) is 5.91 Å². The van der Waals surface area contributed by atoms with Crippen molar-refractivity contribution in [3.05, 3.63) is 313 Å². The zero-order chi connectivity index (χ0) is 83.8. The van der Waals surface area contributed by atoms with Gasteiger partial charge in [-0.1, -0.05) is 144 Å². The summed E-state index contributed by atoms with van der Waals surface area (Å²) in [7, 11) is 3.94. The van der Waals surface area contributed by atoms with Gasteiger partial charge in [-0.3, -0.25) is 24.2 Å². The summed E-state index contributed by atoms with van der Waals surface area (Å²) >= 11 is 5.41. The van der Waals surface area contributed by atoms with Crippen LogP contribution >= 0.6 is 47.0 Å². The van der Waals surface area contributed by atoms with E-state index in [4.69, 9.17) is 11.5 Å². The number of hydrogen-bond acceptors (Lipinski definition) is 16. The minimum absolute atomic E-state index is 0.0212. The van der Waals surface area contributed by atoms with Crippen LogP contribution in [0.5, 0.6) is 0 Å². The number of aryl methyl sites for hydroxylation is 4. The average Bonchev–Trinajstić information content (AvgIpc) is 1.60. The second-order valence-electron chi connectivity index (χ2n) is 32.0. The van der Waals surface area contributed by atoms with E-state index in [1.807, 2.05) is 97.9 Å². The first kappa shape index (κ1) is 83.8. The highest BCUT2D eigenvalue weighted by Crippen LogP contribution is 2.59. The Morgan fingerprint density at radius 2 is 0.717 bits per heavy atom. The molecule has 19 rings (SSSR count). The van der Waals surface area contributed by atoms with Gasteiger partial charge in [0, 0.05) is 70.6 Å². The lowest BCUT2D eigenvalue weighted by Gasteiger charge is -2.40. The van der Waals surface area contributed by atoms with Crippen LogP contribution in [0.2, 0.25) is 0 Å². The maximum Gasteiger partial charge on any atom is 0.275 e. The van der Waals surface area contributed by atoms with Crippen LogP contribution in [0.25, 0.3) is 0 Å². The number of nitrogens with two attached hydrogens (primary N) is 2. The third kappa shape index (κ3) is 16.5. The number of carbonyl (C=O) groups excluding carboxylic acids is 4. The number of aromatic nitrogens is 1. The highest BCUT2D eigenvalue weighted by molar-refractivity contribution is 8.16. The van der Waals surface area contributed by atoms with Crippen molar-refractivity contribution in [1.82, 2.24) is 29.9 Å². The van der Waals surface area contributed by atoms with Crippen molar-refractivity contribution in [3.8, 4) is 0 Å². The van der Waals surface area contributed by atoms with Crippen LogP contribution in [0.3, 0.4) is 0 Å². The predicted octanol–water partition coefficient (Wildman–Crippen LogP) is 18.9. The number of benzene rings is 8. The number of fused-ring (bicyclic) bond motifs is 8. The Labute approximate surface area is 708 Å². The predicted molar refractivity (Wildman–Crippen MR) is 456 cm³/mol. The molecule has 9 aromatic rings. The first-order chi connectivity index (χ1) is 57.9. The van der Waals surface area contributed by atoms with Gasteiger partial charge in [-0.2, -0.15) is 20.4 Å². The standard InChI is InChI=1S/2C23H23F2N3OS.C23H17F2N3OS.C23H25F2N3OS/c2*24-16-8-10-20(25)18(13-16)21-27-28(22(29)15-7-9-17(26)12-15)23(30-21)11-3-5-14-4-1-2-6-19(14)23;24-17-7-8-20(25)18(14-17)21-27-28(22(29)16-9-12-26-13-10-16)23(30-21)11-3-5-15-4-1-2-6-19(15)23;1-27(2)14-6-10-21(29)28-23(13-5-8-16-7-3-4-9-19(16)23)30-22(26-28)18-15-17(24)11-12-20(18)25/h2*1-2,4,6,8,10,13,15,17H,3,5,7,9,11-12,26H2;1-2,4,6-10,12-14H,3,5,11H2;3-4,7,9,11-12,15H,5-6,8,10,13-14H2,1-2H3/t2*15-,17+,23?;;/m10../s1. The number of thioether (sulfide) groups is 4. The summed E-state index contributed by atoms with van der Waals surface area (Å²) in [4.78, 5) is 56.9. The van der Waals surface area contributed by atoms with Crippen LogP contribution in [0.4, 0.5) is 35.1 Å². The van der Waals surface area contributed by atoms with Crippen LogP contribution in [0.15, 0.2) is 215 Å². The molecule has 8 aromatic carbocycles. The van der Waals surface area contributed by atoms with Crippen LogP contribution in [0, 0.1) is 58.4 Å². The zero-order valence-electron chi connectivity index (χ0n) is 66.1. The summed E-state index contributed by atoms with van der Waals surface area (Å²) in [6.45, 7) is 0.797. The Kier molecular flexibility index (Phi) is 24.7. The number of pyridine rings is 1. The summed E-state index contributed by atoms with van der Waals surface area (Å²) in [5.41, 5.74) is 21.7. The highest BCUT2D eigenvalue weighted by Gasteiger charge is 2.57. The van der Waals surface area contributed by atoms with Crippen molar-refractivity contribution in [2.75, 3.05) is 20.6 Å². The maximum absolute atomic E-state index is 14.6. The van der Waals surface area contributed by atoms with Gasteiger partial charge >= 0.3 is 0 Å². The summed E-state index contributed by atoms with van der Waals surface area (Å²) in [5, 5.41) is 25.8. The molecule has 4 spiro atoms. The van der Waals surface area contributed by atoms with E-state index in [-0.39, 0.29) is 69.8 Å². The molecule has 2 saturated carbocycles. The number of rotatable bonds is 11. The first-order valence-corrected chi connectivity index (χ1v) is 43.9. The van der Waals surface area contributed by atoms with E-state index in [1.165, 1.54) is 68.7 Å². The Morgan fingerprint density at radius 3 is 1.04 bits per heavy atom. The molecule has 10 aliphatic rings. The zero-order valence-corrected chi connectivity index (χ0v) is 69.3. The molecule has 620 valence electrons. The minimum atomic E-state index is -0.802. The lowest BCUT2D eigenvalue weighted by atomic mass is 9.86. The van der Waals surface area contributed by atoms with Gasteiger partial charge in [-0.25, -0.2) is 55.2 Å². The summed E-state index contributed by atoms with van der Waals surface area (Å²) < 4.78 is 114. The topological polar surface area (TPSA) is 199 Å². The van der Waals surface area contributed by atoms with Crippen molar-refractivity contribution < 1.29 is 54.3 Å². The Hall–Kier alpha value is -9.81. The van der Waals surface area contributed by atoms with Crippen molar-refractivity contribution in [2.24, 2.45) is 43.7 Å². The number of nitrogens with zero attached hydrogens (tertiary/aromatic N) is 10. The van der Waals surface area contributed by atoms with E-state index in [0.29, 0.717) is 70.7 Å². The summed E-state index contributed by atoms with van der Waals surface area (Å²) in [6, 6.07) is 48.8. The Morgan fingerprint density at radius 1 is 0.408 bits per heavy atom. The van der Waals surface area contributed by atoms with Crippen molar-refractivity contribution in [1.29, 1.82) is 0 Å². The summed E-state index contributed by atoms with van der Waals surface area (Å²) in [6.07, 6.45) is 18.6. The fraction of sp³-hybridized carbons (Fsp3) is 0.337. The SMILES string of the molecule is CN(C)CCCC(=O)N1N=C(c2cc(F)ccc2F)SC12CCCc1ccccc12.N[C@@H]1CC[C@H](C(=O)N2N=C(c3cc(F)ccc3F)SC23CCCc2ccccc23)C1.N[C@H]1CC[C@@H](C(=O)N2N=C(c3cc(F)ccc3F)SC23CCCc2ccccc23)C1.O=C(c1ccncc1)N1N=C(c2cc(F)ccc2F)SC12CCCc1ccccc12. The van der Waals surface area contributed by atoms with Gasteiger partial charge in [-0.15, -0.1) is 0 Å². The summed E-state index contributed by atoms with van der Waals surface area (Å²) in [5.74, 6) is -5.23. The van der Waals surface area contributed by atoms with Gasteiger partial charge in [0.05, 0.1) is 0 Å². The third-order valence-electron chi connectivity index (χ3n) is 23.8. The third-order valence-corrected chi connectivity index (χ3v) is 29.6. The highest BCUT2D eigenvalue weighted by atomic mass is 32.2. The van der Waals surface area contributed by atoms with Crippen molar-refractivity contribution >= 4 is 90.9 Å². The average molecular weight is 1710 g/mol. The Bertz CT molecular complexity index is 5430. The second kappa shape index (κ2) is 35.3. The largest absolute Gasteiger partial charge is 0.328 e. The number of hydrazone groups is 4. The molecule has 0 bridgehead atoms. The lowest BCUT2D eigenvalue weighted by molar-refractivity contribution is -0.140. The number of amides is 4. The minimum Gasteiger partial charge on any atom is -0.328 e. The lowest BCUT2D eigenvalue weighted by Crippen LogP contribution is -2.45. The number of halogens is 8. The fourth-order valence-corrected chi connectivity index (χ4v) is 24.0. The molecule has 4 unspecified atom stereocenters. The molecule has 28 heteroatoms. The van der Waals surface area contributed by atoms with E-state index in [2.05, 4.69) is 43.6 Å². The van der Waals surface area contributed by atoms with E-state index in [1.54, 1.807) is 39.6 Å². The molecule has 1 aromatic heterocycles. The van der Waals surface area contributed by atoms with Crippen molar-refractivity contribution in [3.63, 3.8) is 0 Å². The van der Waals surface area contributed by atoms with Crippen LogP contribution in [0.1, 0.15) is 180 Å². The molecular weight excluding hydrogens is 1620 g/mol. The molecular formula is C92H88F8N12O4S4. The van der Waals surface area contributed by atoms with E-state index in [9.17, 15) is 54.3 Å². The fourth-order valence-electron chi connectivity index (χ4n) is 18.1. The molecule has 8 atom stereocenters. The molecule has 16 nitrogen and oxygen atoms in total. The monoisotopic (exact) mass is 1700 g/mol. The quantitative estimate of drug-likeness (QED) is 0.116. The van der Waals surface area contributed by atoms with Gasteiger partial charge in [-0.05, 0) is 272 Å². The molecule has 120 heavy (non-hydrogen) atoms. The van der Waals surface area contributed by atoms with Crippen molar-refractivity contribution in [2.45, 2.75) is 160 Å². The number of carbonyl (C=O) groups is 4. The molecule has 5 heterocycles. The van der Waals surface area contributed by atoms with Crippen LogP contribution in [-0.4, -0.2) is 106 Å². The Balaban J connectivity index is 0.000000119. The smallest absolute Gasteiger partial charge is 0.275 e. The van der Waals surface area contributed by atoms with Gasteiger partial charge < -0.3 is 16.4 Å². The normalized spacial score (nSPS) is 24.2. The van der Waals surface area contributed by atoms with Gasteiger partial charge in [0.1, 0.15) is 86.2 Å².